The smallest absolute Gasteiger partial charge is 0.167 e. The van der Waals surface area contributed by atoms with Gasteiger partial charge in [0, 0.05) is 12.0 Å². The van der Waals surface area contributed by atoms with Crippen LogP contribution >= 0.6 is 0 Å². The molecule has 1 aliphatic rings. The average Bonchev–Trinajstić information content (AvgIpc) is 2.48. The van der Waals surface area contributed by atoms with Gasteiger partial charge in [-0.2, -0.15) is 0 Å². The highest BCUT2D eigenvalue weighted by atomic mass is 16.5. The molecule has 0 N–H and O–H groups in total. The molecule has 108 valence electrons. The Bertz CT molecular complexity index is 620. The Balaban J connectivity index is 1.79. The summed E-state index contributed by atoms with van der Waals surface area (Å²) in [5.74, 6) is 1.49. The van der Waals surface area contributed by atoms with Gasteiger partial charge in [0.1, 0.15) is 0 Å². The lowest BCUT2D eigenvalue weighted by molar-refractivity contribution is 0.0992. The molecule has 1 heterocycles. The normalized spacial score (nSPS) is 14.1. The first-order valence-electron chi connectivity index (χ1n) is 7.30. The fourth-order valence-corrected chi connectivity index (χ4v) is 2.37. The van der Waals surface area contributed by atoms with Gasteiger partial charge in [-0.1, -0.05) is 30.3 Å². The zero-order valence-corrected chi connectivity index (χ0v) is 11.9. The van der Waals surface area contributed by atoms with Crippen LogP contribution in [-0.4, -0.2) is 19.0 Å². The second-order valence-corrected chi connectivity index (χ2v) is 5.15. The monoisotopic (exact) mass is 282 g/mol. The highest BCUT2D eigenvalue weighted by Crippen LogP contribution is 2.30. The van der Waals surface area contributed by atoms with E-state index in [1.54, 1.807) is 6.07 Å². The second kappa shape index (κ2) is 6.44. The number of Topliss-reactive ketones (excluding diaryl/α,β-unsaturated/α-hetero) is 1. The molecule has 0 unspecified atom stereocenters. The second-order valence-electron chi connectivity index (χ2n) is 5.15. The van der Waals surface area contributed by atoms with Gasteiger partial charge in [0.2, 0.25) is 0 Å². The fourth-order valence-electron chi connectivity index (χ4n) is 2.37. The first kappa shape index (κ1) is 13.7. The van der Waals surface area contributed by atoms with Gasteiger partial charge in [-0.3, -0.25) is 4.79 Å². The highest BCUT2D eigenvalue weighted by molar-refractivity contribution is 5.98. The molecule has 3 nitrogen and oxygen atoms in total. The summed E-state index contributed by atoms with van der Waals surface area (Å²) in [5, 5.41) is 0. The Hall–Kier alpha value is -2.29. The van der Waals surface area contributed by atoms with Crippen molar-refractivity contribution < 1.29 is 14.3 Å². The van der Waals surface area contributed by atoms with Crippen molar-refractivity contribution >= 4 is 5.78 Å². The SMILES string of the molecule is O=C(Cc1ccccc1)c1ccc2c(c1)OCCCCO2. The van der Waals surface area contributed by atoms with Gasteiger partial charge in [0.05, 0.1) is 13.2 Å². The Labute approximate surface area is 124 Å². The summed E-state index contributed by atoms with van der Waals surface area (Å²) in [4.78, 5) is 12.4. The quantitative estimate of drug-likeness (QED) is 0.806. The van der Waals surface area contributed by atoms with E-state index in [1.807, 2.05) is 42.5 Å². The number of carbonyl (C=O) groups excluding carboxylic acids is 1. The third-order valence-electron chi connectivity index (χ3n) is 3.53. The lowest BCUT2D eigenvalue weighted by atomic mass is 10.0. The van der Waals surface area contributed by atoms with Gasteiger partial charge in [-0.25, -0.2) is 0 Å². The van der Waals surface area contributed by atoms with Gasteiger partial charge in [0.15, 0.2) is 17.3 Å². The van der Waals surface area contributed by atoms with Crippen LogP contribution in [0.25, 0.3) is 0 Å². The van der Waals surface area contributed by atoms with Crippen molar-refractivity contribution in [2.45, 2.75) is 19.3 Å². The molecule has 0 saturated carbocycles. The van der Waals surface area contributed by atoms with Gasteiger partial charge in [-0.05, 0) is 36.6 Å². The lowest BCUT2D eigenvalue weighted by Gasteiger charge is -2.17. The zero-order chi connectivity index (χ0) is 14.5. The molecule has 0 amide bonds. The van der Waals surface area contributed by atoms with E-state index in [9.17, 15) is 4.79 Å². The third kappa shape index (κ3) is 3.43. The summed E-state index contributed by atoms with van der Waals surface area (Å²) in [5.41, 5.74) is 1.69. The first-order chi connectivity index (χ1) is 10.3. The lowest BCUT2D eigenvalue weighted by Crippen LogP contribution is -2.10. The molecule has 21 heavy (non-hydrogen) atoms. The van der Waals surface area contributed by atoms with Crippen molar-refractivity contribution in [2.75, 3.05) is 13.2 Å². The van der Waals surface area contributed by atoms with E-state index in [1.165, 1.54) is 0 Å². The minimum absolute atomic E-state index is 0.0923. The molecular weight excluding hydrogens is 264 g/mol. The van der Waals surface area contributed by atoms with Crippen LogP contribution in [0.2, 0.25) is 0 Å². The molecule has 0 saturated heterocycles. The molecule has 0 bridgehead atoms. The number of carbonyl (C=O) groups is 1. The fraction of sp³-hybridized carbons (Fsp3) is 0.278. The van der Waals surface area contributed by atoms with Gasteiger partial charge in [-0.15, -0.1) is 0 Å². The maximum Gasteiger partial charge on any atom is 0.167 e. The Morgan fingerprint density at radius 3 is 2.38 bits per heavy atom. The summed E-state index contributed by atoms with van der Waals surface area (Å²) in [6.07, 6.45) is 2.37. The van der Waals surface area contributed by atoms with Crippen molar-refractivity contribution in [1.82, 2.24) is 0 Å². The Kier molecular flexibility index (Phi) is 4.20. The average molecular weight is 282 g/mol. The van der Waals surface area contributed by atoms with Crippen LogP contribution in [0.4, 0.5) is 0 Å². The number of fused-ring (bicyclic) bond motifs is 1. The Morgan fingerprint density at radius 2 is 1.62 bits per heavy atom. The van der Waals surface area contributed by atoms with Crippen molar-refractivity contribution in [2.24, 2.45) is 0 Å². The van der Waals surface area contributed by atoms with E-state index in [-0.39, 0.29) is 5.78 Å². The van der Waals surface area contributed by atoms with E-state index >= 15 is 0 Å². The molecule has 0 fully saturated rings. The predicted octanol–water partition coefficient (Wildman–Crippen LogP) is 3.66. The predicted molar refractivity (Wildman–Crippen MR) is 81.1 cm³/mol. The maximum absolute atomic E-state index is 12.4. The topological polar surface area (TPSA) is 35.5 Å². The summed E-state index contributed by atoms with van der Waals surface area (Å²) in [6.45, 7) is 1.38. The van der Waals surface area contributed by atoms with Crippen molar-refractivity contribution in [3.8, 4) is 11.5 Å². The molecule has 0 aromatic heterocycles. The summed E-state index contributed by atoms with van der Waals surface area (Å²) in [7, 11) is 0. The number of hydrogen-bond donors (Lipinski definition) is 0. The van der Waals surface area contributed by atoms with Crippen LogP contribution in [0, 0.1) is 0 Å². The van der Waals surface area contributed by atoms with Crippen LogP contribution in [0.15, 0.2) is 48.5 Å². The largest absolute Gasteiger partial charge is 0.490 e. The van der Waals surface area contributed by atoms with Crippen molar-refractivity contribution in [1.29, 1.82) is 0 Å². The number of hydrogen-bond acceptors (Lipinski definition) is 3. The highest BCUT2D eigenvalue weighted by Gasteiger charge is 2.13. The van der Waals surface area contributed by atoms with E-state index in [0.717, 1.165) is 24.2 Å². The van der Waals surface area contributed by atoms with Crippen LogP contribution in [0.5, 0.6) is 11.5 Å². The van der Waals surface area contributed by atoms with Crippen LogP contribution in [-0.2, 0) is 6.42 Å². The first-order valence-corrected chi connectivity index (χ1v) is 7.30. The molecular formula is C18H18O3. The van der Waals surface area contributed by atoms with Crippen LogP contribution < -0.4 is 9.47 Å². The standard InChI is InChI=1S/C18H18O3/c19-16(12-14-6-2-1-3-7-14)15-8-9-17-18(13-15)21-11-5-4-10-20-17/h1-3,6-9,13H,4-5,10-12H2. The van der Waals surface area contributed by atoms with Crippen LogP contribution in [0.1, 0.15) is 28.8 Å². The van der Waals surface area contributed by atoms with E-state index < -0.39 is 0 Å². The van der Waals surface area contributed by atoms with E-state index in [2.05, 4.69) is 0 Å². The van der Waals surface area contributed by atoms with Gasteiger partial charge in [0.25, 0.3) is 0 Å². The number of benzene rings is 2. The summed E-state index contributed by atoms with van der Waals surface area (Å²) >= 11 is 0. The molecule has 0 atom stereocenters. The van der Waals surface area contributed by atoms with Crippen molar-refractivity contribution in [3.05, 3.63) is 59.7 Å². The summed E-state index contributed by atoms with van der Waals surface area (Å²) < 4.78 is 11.3. The summed E-state index contributed by atoms with van der Waals surface area (Å²) in [6, 6.07) is 15.2. The molecule has 0 aliphatic carbocycles. The minimum atomic E-state index is 0.0923. The number of ketones is 1. The molecule has 2 aromatic carbocycles. The van der Waals surface area contributed by atoms with Gasteiger partial charge >= 0.3 is 0 Å². The molecule has 1 aliphatic heterocycles. The third-order valence-corrected chi connectivity index (χ3v) is 3.53. The zero-order valence-electron chi connectivity index (χ0n) is 11.9. The van der Waals surface area contributed by atoms with Crippen molar-refractivity contribution in [3.63, 3.8) is 0 Å². The van der Waals surface area contributed by atoms with E-state index in [0.29, 0.717) is 30.9 Å². The maximum atomic E-state index is 12.4. The van der Waals surface area contributed by atoms with Gasteiger partial charge < -0.3 is 9.47 Å². The molecule has 2 aromatic rings. The minimum Gasteiger partial charge on any atom is -0.490 e. The molecule has 3 rings (SSSR count). The molecule has 3 heteroatoms. The molecule has 0 spiro atoms. The number of ether oxygens (including phenoxy) is 2. The number of rotatable bonds is 3. The van der Waals surface area contributed by atoms with Crippen LogP contribution in [0.3, 0.4) is 0 Å². The molecule has 0 radical (unpaired) electrons. The van der Waals surface area contributed by atoms with E-state index in [4.69, 9.17) is 9.47 Å². The Morgan fingerprint density at radius 1 is 0.905 bits per heavy atom.